The molecule has 162 valence electrons. The predicted molar refractivity (Wildman–Crippen MR) is 121 cm³/mol. The first-order chi connectivity index (χ1) is 14.8. The number of rotatable bonds is 8. The number of hydrogen-bond donors (Lipinski definition) is 2. The fraction of sp³-hybridized carbons (Fsp3) is 0.333. The van der Waals surface area contributed by atoms with Crippen molar-refractivity contribution in [1.29, 1.82) is 0 Å². The zero-order valence-electron chi connectivity index (χ0n) is 18.3. The third-order valence-corrected chi connectivity index (χ3v) is 4.83. The average molecular weight is 421 g/mol. The van der Waals surface area contributed by atoms with E-state index in [-0.39, 0.29) is 24.2 Å². The highest BCUT2D eigenvalue weighted by atomic mass is 16.5. The zero-order valence-corrected chi connectivity index (χ0v) is 18.3. The molecule has 2 amide bonds. The number of amides is 2. The largest absolute Gasteiger partial charge is 0.339 e. The minimum atomic E-state index is -0.153. The van der Waals surface area contributed by atoms with Crippen molar-refractivity contribution in [2.24, 2.45) is 5.92 Å². The van der Waals surface area contributed by atoms with Gasteiger partial charge in [0.15, 0.2) is 0 Å². The molecular weight excluding hydrogens is 392 g/mol. The lowest BCUT2D eigenvalue weighted by Gasteiger charge is -2.09. The number of nitrogens with one attached hydrogen (secondary N) is 2. The number of anilines is 2. The van der Waals surface area contributed by atoms with Crippen LogP contribution in [-0.4, -0.2) is 22.0 Å². The molecule has 0 aliphatic heterocycles. The van der Waals surface area contributed by atoms with E-state index in [1.807, 2.05) is 26.0 Å². The molecule has 0 spiro atoms. The molecule has 1 aromatic heterocycles. The Morgan fingerprint density at radius 1 is 0.903 bits per heavy atom. The summed E-state index contributed by atoms with van der Waals surface area (Å²) in [6.45, 7) is 7.95. The summed E-state index contributed by atoms with van der Waals surface area (Å²) in [6.07, 6.45) is 0.575. The van der Waals surface area contributed by atoms with E-state index < -0.39 is 0 Å². The van der Waals surface area contributed by atoms with Crippen LogP contribution in [0.15, 0.2) is 53.1 Å². The maximum Gasteiger partial charge on any atom is 0.227 e. The van der Waals surface area contributed by atoms with Gasteiger partial charge in [0.2, 0.25) is 23.5 Å². The Kier molecular flexibility index (Phi) is 7.18. The Hall–Kier alpha value is -3.48. The maximum absolute atomic E-state index is 12.2. The maximum atomic E-state index is 12.2. The van der Waals surface area contributed by atoms with Gasteiger partial charge in [0, 0.05) is 35.7 Å². The lowest BCUT2D eigenvalue weighted by Crippen LogP contribution is -2.17. The van der Waals surface area contributed by atoms with Gasteiger partial charge >= 0.3 is 0 Å². The molecule has 0 radical (unpaired) electrons. The Labute approximate surface area is 182 Å². The Morgan fingerprint density at radius 2 is 1.52 bits per heavy atom. The monoisotopic (exact) mass is 420 g/mol. The van der Waals surface area contributed by atoms with Crippen LogP contribution in [0.25, 0.3) is 11.4 Å². The van der Waals surface area contributed by atoms with E-state index in [1.54, 1.807) is 24.3 Å². The molecule has 7 heteroatoms. The lowest BCUT2D eigenvalue weighted by atomic mass is 10.0. The SMILES string of the molecule is CC(C)C(=O)Nc1ccc(NC(=O)CCc2nc(-c3ccc(C(C)C)cc3)no2)cc1. The highest BCUT2D eigenvalue weighted by Gasteiger charge is 2.12. The van der Waals surface area contributed by atoms with Gasteiger partial charge in [-0.15, -0.1) is 0 Å². The molecule has 2 aromatic carbocycles. The van der Waals surface area contributed by atoms with Gasteiger partial charge in [0.25, 0.3) is 0 Å². The predicted octanol–water partition coefficient (Wildman–Crippen LogP) is 5.03. The van der Waals surface area contributed by atoms with Crippen molar-refractivity contribution in [3.8, 4) is 11.4 Å². The van der Waals surface area contributed by atoms with Gasteiger partial charge in [-0.05, 0) is 35.7 Å². The summed E-state index contributed by atoms with van der Waals surface area (Å²) in [5, 5.41) is 9.66. The summed E-state index contributed by atoms with van der Waals surface area (Å²) in [4.78, 5) is 28.4. The normalized spacial score (nSPS) is 11.0. The van der Waals surface area contributed by atoms with E-state index in [1.165, 1.54) is 5.56 Å². The summed E-state index contributed by atoms with van der Waals surface area (Å²) in [7, 11) is 0. The van der Waals surface area contributed by atoms with E-state index in [2.05, 4.69) is 46.8 Å². The topological polar surface area (TPSA) is 97.1 Å². The van der Waals surface area contributed by atoms with Crippen molar-refractivity contribution in [3.05, 3.63) is 60.0 Å². The van der Waals surface area contributed by atoms with Crippen LogP contribution < -0.4 is 10.6 Å². The summed E-state index contributed by atoms with van der Waals surface area (Å²) >= 11 is 0. The number of aryl methyl sites for hydroxylation is 1. The molecule has 0 unspecified atom stereocenters. The zero-order chi connectivity index (χ0) is 22.4. The second kappa shape index (κ2) is 10.0. The van der Waals surface area contributed by atoms with Crippen LogP contribution in [0.5, 0.6) is 0 Å². The van der Waals surface area contributed by atoms with Gasteiger partial charge in [-0.3, -0.25) is 9.59 Å². The molecular formula is C24H28N4O3. The van der Waals surface area contributed by atoms with Crippen LogP contribution in [0, 0.1) is 5.92 Å². The van der Waals surface area contributed by atoms with Crippen molar-refractivity contribution in [3.63, 3.8) is 0 Å². The molecule has 0 aliphatic carbocycles. The average Bonchev–Trinajstić information content (AvgIpc) is 3.23. The third-order valence-electron chi connectivity index (χ3n) is 4.83. The number of benzene rings is 2. The minimum Gasteiger partial charge on any atom is -0.339 e. The fourth-order valence-electron chi connectivity index (χ4n) is 2.86. The first-order valence-electron chi connectivity index (χ1n) is 10.5. The molecule has 0 saturated carbocycles. The van der Waals surface area contributed by atoms with E-state index in [0.29, 0.717) is 35.4 Å². The Balaban J connectivity index is 1.50. The van der Waals surface area contributed by atoms with E-state index in [0.717, 1.165) is 5.56 Å². The van der Waals surface area contributed by atoms with E-state index >= 15 is 0 Å². The van der Waals surface area contributed by atoms with Crippen molar-refractivity contribution in [1.82, 2.24) is 10.1 Å². The molecule has 0 atom stereocenters. The molecule has 0 aliphatic rings. The van der Waals surface area contributed by atoms with Gasteiger partial charge in [-0.25, -0.2) is 0 Å². The van der Waals surface area contributed by atoms with Crippen molar-refractivity contribution >= 4 is 23.2 Å². The molecule has 2 N–H and O–H groups in total. The number of hydrogen-bond acceptors (Lipinski definition) is 5. The van der Waals surface area contributed by atoms with Gasteiger partial charge in [-0.1, -0.05) is 57.1 Å². The second-order valence-electron chi connectivity index (χ2n) is 8.06. The molecule has 31 heavy (non-hydrogen) atoms. The van der Waals surface area contributed by atoms with Crippen LogP contribution in [0.3, 0.4) is 0 Å². The van der Waals surface area contributed by atoms with Crippen LogP contribution in [0.2, 0.25) is 0 Å². The Bertz CT molecular complexity index is 1020. The van der Waals surface area contributed by atoms with E-state index in [9.17, 15) is 9.59 Å². The summed E-state index contributed by atoms with van der Waals surface area (Å²) in [6, 6.07) is 15.1. The lowest BCUT2D eigenvalue weighted by molar-refractivity contribution is -0.119. The highest BCUT2D eigenvalue weighted by molar-refractivity contribution is 5.93. The quantitative estimate of drug-likeness (QED) is 0.533. The molecule has 3 aromatic rings. The first-order valence-corrected chi connectivity index (χ1v) is 10.5. The van der Waals surface area contributed by atoms with Gasteiger partial charge in [-0.2, -0.15) is 4.98 Å². The fourth-order valence-corrected chi connectivity index (χ4v) is 2.86. The molecule has 3 rings (SSSR count). The number of carbonyl (C=O) groups is 2. The first kappa shape index (κ1) is 22.2. The van der Waals surface area contributed by atoms with Crippen molar-refractivity contribution < 1.29 is 14.1 Å². The van der Waals surface area contributed by atoms with Crippen LogP contribution in [0.1, 0.15) is 51.5 Å². The number of nitrogens with zero attached hydrogens (tertiary/aromatic N) is 2. The number of carbonyl (C=O) groups excluding carboxylic acids is 2. The van der Waals surface area contributed by atoms with Gasteiger partial charge in [0.1, 0.15) is 0 Å². The minimum absolute atomic E-state index is 0.0495. The standard InChI is InChI=1S/C24H28N4O3/c1-15(2)17-5-7-18(8-6-17)23-27-22(31-28-23)14-13-21(29)25-19-9-11-20(12-10-19)26-24(30)16(3)4/h5-12,15-16H,13-14H2,1-4H3,(H,25,29)(H,26,30). The highest BCUT2D eigenvalue weighted by Crippen LogP contribution is 2.21. The van der Waals surface area contributed by atoms with Crippen molar-refractivity contribution in [2.45, 2.75) is 46.5 Å². The van der Waals surface area contributed by atoms with Crippen LogP contribution in [-0.2, 0) is 16.0 Å². The molecule has 0 fully saturated rings. The van der Waals surface area contributed by atoms with Crippen molar-refractivity contribution in [2.75, 3.05) is 10.6 Å². The summed E-state index contributed by atoms with van der Waals surface area (Å²) in [5.41, 5.74) is 3.48. The summed E-state index contributed by atoms with van der Waals surface area (Å²) in [5.74, 6) is 1.11. The van der Waals surface area contributed by atoms with Crippen LogP contribution in [0.4, 0.5) is 11.4 Å². The summed E-state index contributed by atoms with van der Waals surface area (Å²) < 4.78 is 5.29. The molecule has 7 nitrogen and oxygen atoms in total. The van der Waals surface area contributed by atoms with E-state index in [4.69, 9.17) is 4.52 Å². The smallest absolute Gasteiger partial charge is 0.227 e. The molecule has 0 saturated heterocycles. The van der Waals surface area contributed by atoms with Gasteiger partial charge < -0.3 is 15.2 Å². The third kappa shape index (κ3) is 6.25. The molecule has 1 heterocycles. The molecule has 0 bridgehead atoms. The van der Waals surface area contributed by atoms with Gasteiger partial charge in [0.05, 0.1) is 0 Å². The number of aromatic nitrogens is 2. The van der Waals surface area contributed by atoms with Crippen LogP contribution >= 0.6 is 0 Å². The Morgan fingerprint density at radius 3 is 2.10 bits per heavy atom. The second-order valence-corrected chi connectivity index (χ2v) is 8.06.